The third-order valence-corrected chi connectivity index (χ3v) is 4.91. The maximum absolute atomic E-state index is 2.30. The van der Waals surface area contributed by atoms with Crippen LogP contribution >= 0.6 is 0 Å². The van der Waals surface area contributed by atoms with E-state index in [9.17, 15) is 0 Å². The molecule has 4 radical (unpaired) electrons. The van der Waals surface area contributed by atoms with Crippen LogP contribution in [-0.2, 0) is 0 Å². The van der Waals surface area contributed by atoms with Crippen molar-refractivity contribution in [3.63, 3.8) is 0 Å². The smallest absolute Gasteiger partial charge is 0.00279 e. The summed E-state index contributed by atoms with van der Waals surface area (Å²) in [5, 5.41) is 0. The predicted octanol–water partition coefficient (Wildman–Crippen LogP) is 5.65. The second-order valence-corrected chi connectivity index (χ2v) is 7.30. The maximum Gasteiger partial charge on any atom is 0.00279 e. The summed E-state index contributed by atoms with van der Waals surface area (Å²) >= 11 is 0. The minimum atomic E-state index is 0. The van der Waals surface area contributed by atoms with E-state index in [1.54, 1.807) is 0 Å². The number of hydrogen-bond acceptors (Lipinski definition) is 0. The van der Waals surface area contributed by atoms with Gasteiger partial charge in [0, 0.05) is 21.2 Å². The molecule has 0 unspecified atom stereocenters. The Balaban J connectivity index is 0. The molecule has 0 aliphatic rings. The van der Waals surface area contributed by atoms with E-state index in [4.69, 9.17) is 0 Å². The van der Waals surface area contributed by atoms with Crippen LogP contribution < -0.4 is 0 Å². The molecule has 0 aliphatic carbocycles. The molecule has 0 bridgehead atoms. The molecule has 0 spiro atoms. The van der Waals surface area contributed by atoms with Gasteiger partial charge < -0.3 is 0 Å². The van der Waals surface area contributed by atoms with Crippen LogP contribution in [-0.4, -0.2) is 21.2 Å². The highest BCUT2D eigenvalue weighted by Crippen LogP contribution is 2.13. The highest BCUT2D eigenvalue weighted by molar-refractivity contribution is 6.08. The molecule has 0 aliphatic heterocycles. The zero-order valence-corrected chi connectivity index (χ0v) is 17.5. The van der Waals surface area contributed by atoms with E-state index < -0.39 is 0 Å². The second-order valence-electron chi connectivity index (χ2n) is 6.30. The topological polar surface area (TPSA) is 0 Å². The molecule has 0 nitrogen and oxygen atoms in total. The van der Waals surface area contributed by atoms with Gasteiger partial charge in [-0.15, -0.1) is 0 Å². The van der Waals surface area contributed by atoms with Crippen LogP contribution in [0.4, 0.5) is 0 Å². The minimum absolute atomic E-state index is 0. The van der Waals surface area contributed by atoms with Crippen LogP contribution in [0.2, 0.25) is 6.04 Å². The molecule has 0 aromatic heterocycles. The lowest BCUT2D eigenvalue weighted by atomic mass is 10.0. The molecule has 0 saturated carbocycles. The highest BCUT2D eigenvalue weighted by atomic mass is 28.1. The van der Waals surface area contributed by atoms with Crippen molar-refractivity contribution in [1.29, 1.82) is 0 Å². The van der Waals surface area contributed by atoms with Crippen LogP contribution in [0.15, 0.2) is 0 Å². The summed E-state index contributed by atoms with van der Waals surface area (Å²) in [6.45, 7) is 2.30. The predicted molar refractivity (Wildman–Crippen MR) is 100 cm³/mol. The van der Waals surface area contributed by atoms with E-state index in [2.05, 4.69) is 6.92 Å². The maximum atomic E-state index is 2.30. The first-order chi connectivity index (χ1) is 9.41. The molecule has 0 aromatic rings. The van der Waals surface area contributed by atoms with Gasteiger partial charge in [0.1, 0.15) is 0 Å². The normalized spacial score (nSPS) is 10.7. The monoisotopic (exact) mass is 312 g/mol. The fraction of sp³-hybridized carbons (Fsp3) is 1.00. The summed E-state index contributed by atoms with van der Waals surface area (Å²) in [7, 11) is 1.41. The SMILES string of the molecule is CCCCCCCCCCCCCCCCCC[SiH3].[Si]. The van der Waals surface area contributed by atoms with Gasteiger partial charge in [-0.1, -0.05) is 116 Å². The zero-order valence-electron chi connectivity index (χ0n) is 14.5. The van der Waals surface area contributed by atoms with Gasteiger partial charge in [-0.2, -0.15) is 0 Å². The third kappa shape index (κ3) is 20.7. The van der Waals surface area contributed by atoms with Crippen LogP contribution in [0.5, 0.6) is 0 Å². The van der Waals surface area contributed by atoms with Crippen molar-refractivity contribution in [2.24, 2.45) is 0 Å². The van der Waals surface area contributed by atoms with Gasteiger partial charge in [-0.25, -0.2) is 0 Å². The summed E-state index contributed by atoms with van der Waals surface area (Å²) in [6, 6.07) is 1.51. The standard InChI is InChI=1S/C18H40Si.Si/c1-2-3-4-5-6-7-8-9-10-11-12-13-14-15-16-17-18-19;/h2-18H2,1,19H3;. The van der Waals surface area contributed by atoms with E-state index in [1.807, 2.05) is 0 Å². The Hall–Kier alpha value is 0.434. The van der Waals surface area contributed by atoms with Gasteiger partial charge in [0.25, 0.3) is 0 Å². The van der Waals surface area contributed by atoms with Gasteiger partial charge in [0.2, 0.25) is 0 Å². The molecule has 0 N–H and O–H groups in total. The van der Waals surface area contributed by atoms with E-state index in [0.717, 1.165) is 0 Å². The van der Waals surface area contributed by atoms with Crippen molar-refractivity contribution in [2.75, 3.05) is 0 Å². The van der Waals surface area contributed by atoms with E-state index in [0.29, 0.717) is 0 Å². The largest absolute Gasteiger partial charge is 0.0658 e. The molecule has 0 aromatic carbocycles. The third-order valence-electron chi connectivity index (χ3n) is 4.21. The molecule has 0 heterocycles. The fourth-order valence-electron chi connectivity index (χ4n) is 2.80. The Morgan fingerprint density at radius 2 is 0.700 bits per heavy atom. The Morgan fingerprint density at radius 1 is 0.450 bits per heavy atom. The van der Waals surface area contributed by atoms with Crippen molar-refractivity contribution >= 4 is 21.2 Å². The summed E-state index contributed by atoms with van der Waals surface area (Å²) in [4.78, 5) is 0. The first kappa shape index (κ1) is 22.7. The average Bonchev–Trinajstić information content (AvgIpc) is 2.43. The lowest BCUT2D eigenvalue weighted by Crippen LogP contribution is -1.83. The van der Waals surface area contributed by atoms with Crippen LogP contribution in [0.25, 0.3) is 0 Å². The quantitative estimate of drug-likeness (QED) is 0.255. The zero-order chi connectivity index (χ0) is 14.0. The summed E-state index contributed by atoms with van der Waals surface area (Å²) in [6.07, 6.45) is 23.7. The first-order valence-corrected chi connectivity index (χ1v) is 10.8. The van der Waals surface area contributed by atoms with Crippen molar-refractivity contribution < 1.29 is 0 Å². The lowest BCUT2D eigenvalue weighted by Gasteiger charge is -2.03. The lowest BCUT2D eigenvalue weighted by molar-refractivity contribution is 0.531. The first-order valence-electron chi connectivity index (χ1n) is 9.41. The highest BCUT2D eigenvalue weighted by Gasteiger charge is 1.94. The second kappa shape index (κ2) is 21.7. The van der Waals surface area contributed by atoms with Gasteiger partial charge in [-0.05, 0) is 0 Å². The Bertz CT molecular complexity index is 132. The van der Waals surface area contributed by atoms with Gasteiger partial charge in [0.15, 0.2) is 0 Å². The summed E-state index contributed by atoms with van der Waals surface area (Å²) < 4.78 is 0. The van der Waals surface area contributed by atoms with Crippen molar-refractivity contribution in [3.05, 3.63) is 0 Å². The number of unbranched alkanes of at least 4 members (excludes halogenated alkanes) is 15. The minimum Gasteiger partial charge on any atom is -0.0658 e. The molecular formula is C18H40Si2. The van der Waals surface area contributed by atoms with Crippen molar-refractivity contribution in [2.45, 2.75) is 116 Å². The molecule has 0 fully saturated rings. The molecule has 20 heavy (non-hydrogen) atoms. The molecule has 0 rings (SSSR count). The molecular weight excluding hydrogens is 272 g/mol. The Morgan fingerprint density at radius 3 is 0.950 bits per heavy atom. The van der Waals surface area contributed by atoms with Crippen LogP contribution in [0.3, 0.4) is 0 Å². The van der Waals surface area contributed by atoms with Gasteiger partial charge in [-0.3, -0.25) is 0 Å². The molecule has 0 atom stereocenters. The molecule has 120 valence electrons. The molecule has 2 heteroatoms. The Labute approximate surface area is 137 Å². The van der Waals surface area contributed by atoms with E-state index in [1.165, 1.54) is 119 Å². The average molecular weight is 313 g/mol. The van der Waals surface area contributed by atoms with Crippen molar-refractivity contribution in [3.8, 4) is 0 Å². The van der Waals surface area contributed by atoms with Crippen molar-refractivity contribution in [1.82, 2.24) is 0 Å². The van der Waals surface area contributed by atoms with Gasteiger partial charge in [0.05, 0.1) is 0 Å². The number of hydrogen-bond donors (Lipinski definition) is 0. The summed E-state index contributed by atoms with van der Waals surface area (Å²) in [5.41, 5.74) is 0. The summed E-state index contributed by atoms with van der Waals surface area (Å²) in [5.74, 6) is 0. The Kier molecular flexibility index (Phi) is 24.7. The van der Waals surface area contributed by atoms with Crippen LogP contribution in [0, 0.1) is 0 Å². The van der Waals surface area contributed by atoms with Gasteiger partial charge >= 0.3 is 0 Å². The molecule has 0 saturated heterocycles. The van der Waals surface area contributed by atoms with E-state index >= 15 is 0 Å². The molecule has 0 amide bonds. The fourth-order valence-corrected chi connectivity index (χ4v) is 3.30. The van der Waals surface area contributed by atoms with Crippen LogP contribution in [0.1, 0.15) is 110 Å². The number of rotatable bonds is 16. The van der Waals surface area contributed by atoms with E-state index in [-0.39, 0.29) is 11.0 Å².